The molecule has 0 fully saturated rings. The van der Waals surface area contributed by atoms with Gasteiger partial charge in [0.1, 0.15) is 6.10 Å². The number of aliphatic hydroxyl groups excluding tert-OH is 2. The molecule has 0 rings (SSSR count). The Kier molecular flexibility index (Phi) is 18.2. The van der Waals surface area contributed by atoms with Crippen LogP contribution in [-0.4, -0.2) is 35.2 Å². The number of ether oxygens (including phenoxy) is 1. The fourth-order valence-electron chi connectivity index (χ4n) is 2.69. The van der Waals surface area contributed by atoms with Crippen molar-refractivity contribution in [1.29, 1.82) is 0 Å². The Hall–Kier alpha value is -0.910. The van der Waals surface area contributed by atoms with Crippen LogP contribution in [0.5, 0.6) is 0 Å². The third kappa shape index (κ3) is 16.6. The maximum atomic E-state index is 11.4. The highest BCUT2D eigenvalue weighted by molar-refractivity contribution is 5.69. The molecule has 5 nitrogen and oxygen atoms in total. The van der Waals surface area contributed by atoms with E-state index < -0.39 is 25.0 Å². The van der Waals surface area contributed by atoms with Gasteiger partial charge in [0.15, 0.2) is 0 Å². The molecule has 153 valence electrons. The second-order valence-electron chi connectivity index (χ2n) is 6.94. The fraction of sp³-hybridized carbons (Fsp3) is 0.857. The van der Waals surface area contributed by atoms with Crippen molar-refractivity contribution in [3.63, 3.8) is 0 Å². The second-order valence-corrected chi connectivity index (χ2v) is 6.94. The molecule has 0 aromatic carbocycles. The zero-order chi connectivity index (χ0) is 19.5. The highest BCUT2D eigenvalue weighted by Crippen LogP contribution is 2.10. The van der Waals surface area contributed by atoms with Gasteiger partial charge >= 0.3 is 5.97 Å². The van der Waals surface area contributed by atoms with Gasteiger partial charge in [0, 0.05) is 6.42 Å². The molecule has 0 aliphatic rings. The van der Waals surface area contributed by atoms with E-state index in [0.717, 1.165) is 25.7 Å². The number of esters is 1. The van der Waals surface area contributed by atoms with Crippen LogP contribution >= 0.6 is 0 Å². The zero-order valence-corrected chi connectivity index (χ0v) is 16.5. The summed E-state index contributed by atoms with van der Waals surface area (Å²) in [5, 5.41) is 28.8. The number of allylic oxidation sites excluding steroid dienone is 2. The van der Waals surface area contributed by atoms with E-state index in [4.69, 9.17) is 10.2 Å². The van der Waals surface area contributed by atoms with E-state index in [1.807, 2.05) is 0 Å². The minimum atomic E-state index is -1.89. The average molecular weight is 372 g/mol. The van der Waals surface area contributed by atoms with Crippen LogP contribution in [0.15, 0.2) is 12.2 Å². The molecule has 2 atom stereocenters. The van der Waals surface area contributed by atoms with Crippen LogP contribution in [0.4, 0.5) is 0 Å². The summed E-state index contributed by atoms with van der Waals surface area (Å²) in [6.07, 6.45) is 16.7. The minimum absolute atomic E-state index is 0.190. The van der Waals surface area contributed by atoms with E-state index in [1.165, 1.54) is 51.4 Å². The molecule has 2 unspecified atom stereocenters. The van der Waals surface area contributed by atoms with Gasteiger partial charge in [-0.1, -0.05) is 70.4 Å². The van der Waals surface area contributed by atoms with Crippen molar-refractivity contribution < 1.29 is 24.9 Å². The standard InChI is InChI=1S/C21H39O5/c1-2-3-4-5-6-7-8-9-10-11-12-13-14-15-16-17-20(24)26-21(25)19(23)18-22/h9-10,19,21-23H,2-8,11-18H2,1H3/b10-9+. The molecule has 0 amide bonds. The van der Waals surface area contributed by atoms with Gasteiger partial charge in [-0.2, -0.15) is 5.11 Å². The molecule has 0 aromatic rings. The van der Waals surface area contributed by atoms with Crippen molar-refractivity contribution in [3.05, 3.63) is 12.2 Å². The number of carbonyl (C=O) groups is 1. The monoisotopic (exact) mass is 371 g/mol. The van der Waals surface area contributed by atoms with Gasteiger partial charge in [-0.25, -0.2) is 0 Å². The summed E-state index contributed by atoms with van der Waals surface area (Å²) in [6.45, 7) is 1.54. The van der Waals surface area contributed by atoms with Crippen molar-refractivity contribution in [2.75, 3.05) is 6.61 Å². The summed E-state index contributed by atoms with van der Waals surface area (Å²) in [5.41, 5.74) is 0. The number of hydrogen-bond donors (Lipinski definition) is 2. The molecule has 0 aromatic heterocycles. The highest BCUT2D eigenvalue weighted by Gasteiger charge is 2.20. The molecule has 0 bridgehead atoms. The van der Waals surface area contributed by atoms with Crippen LogP contribution in [0.25, 0.3) is 0 Å². The van der Waals surface area contributed by atoms with Crippen LogP contribution in [0, 0.1) is 0 Å². The van der Waals surface area contributed by atoms with Gasteiger partial charge in [-0.05, 0) is 32.1 Å². The number of unbranched alkanes of at least 4 members (excludes halogenated alkanes) is 11. The third-order valence-electron chi connectivity index (χ3n) is 4.39. The molecule has 0 spiro atoms. The summed E-state index contributed by atoms with van der Waals surface area (Å²) >= 11 is 0. The summed E-state index contributed by atoms with van der Waals surface area (Å²) in [5.74, 6) is -0.602. The second kappa shape index (κ2) is 18.9. The first-order chi connectivity index (χ1) is 12.6. The molecular weight excluding hydrogens is 332 g/mol. The van der Waals surface area contributed by atoms with E-state index >= 15 is 0 Å². The van der Waals surface area contributed by atoms with Crippen LogP contribution < -0.4 is 0 Å². The van der Waals surface area contributed by atoms with Gasteiger partial charge in [0.2, 0.25) is 0 Å². The lowest BCUT2D eigenvalue weighted by molar-refractivity contribution is -0.208. The number of hydrogen-bond acceptors (Lipinski definition) is 4. The average Bonchev–Trinajstić information content (AvgIpc) is 2.64. The lowest BCUT2D eigenvalue weighted by atomic mass is 10.1. The van der Waals surface area contributed by atoms with Crippen molar-refractivity contribution in [2.24, 2.45) is 0 Å². The van der Waals surface area contributed by atoms with Crippen LogP contribution in [0.1, 0.15) is 96.8 Å². The van der Waals surface area contributed by atoms with Gasteiger partial charge in [-0.3, -0.25) is 4.79 Å². The molecule has 0 saturated carbocycles. The fourth-order valence-corrected chi connectivity index (χ4v) is 2.69. The molecule has 0 saturated heterocycles. The first-order valence-electron chi connectivity index (χ1n) is 10.4. The molecule has 1 radical (unpaired) electrons. The Bertz CT molecular complexity index is 343. The van der Waals surface area contributed by atoms with Crippen molar-refractivity contribution in [3.8, 4) is 0 Å². The van der Waals surface area contributed by atoms with Crippen LogP contribution in [-0.2, 0) is 14.6 Å². The van der Waals surface area contributed by atoms with E-state index in [-0.39, 0.29) is 6.42 Å². The quantitative estimate of drug-likeness (QED) is 0.158. The molecule has 0 aliphatic heterocycles. The SMILES string of the molecule is CCCCCCCC/C=C/CCCCCCCC(=O)OC([O])C(O)CO. The molecule has 0 heterocycles. The lowest BCUT2D eigenvalue weighted by Gasteiger charge is -2.13. The molecule has 0 aliphatic carbocycles. The predicted octanol–water partition coefficient (Wildman–Crippen LogP) is 4.68. The molecule has 5 heteroatoms. The van der Waals surface area contributed by atoms with Gasteiger partial charge in [0.25, 0.3) is 6.29 Å². The zero-order valence-electron chi connectivity index (χ0n) is 16.5. The van der Waals surface area contributed by atoms with Gasteiger partial charge in [-0.15, -0.1) is 0 Å². The largest absolute Gasteiger partial charge is 0.430 e. The van der Waals surface area contributed by atoms with Crippen LogP contribution in [0.2, 0.25) is 0 Å². The Balaban J connectivity index is 3.33. The Labute approximate surface area is 159 Å². The van der Waals surface area contributed by atoms with Crippen molar-refractivity contribution >= 4 is 5.97 Å². The van der Waals surface area contributed by atoms with E-state index in [2.05, 4.69) is 23.8 Å². The summed E-state index contributed by atoms with van der Waals surface area (Å²) in [4.78, 5) is 11.4. The van der Waals surface area contributed by atoms with Crippen molar-refractivity contribution in [1.82, 2.24) is 0 Å². The topological polar surface area (TPSA) is 86.7 Å². The van der Waals surface area contributed by atoms with E-state index in [9.17, 15) is 9.90 Å². The predicted molar refractivity (Wildman–Crippen MR) is 103 cm³/mol. The number of aliphatic hydroxyl groups is 2. The van der Waals surface area contributed by atoms with E-state index in [1.54, 1.807) is 0 Å². The van der Waals surface area contributed by atoms with Gasteiger partial charge in [0.05, 0.1) is 6.61 Å². The summed E-state index contributed by atoms with van der Waals surface area (Å²) in [7, 11) is 0. The van der Waals surface area contributed by atoms with E-state index in [0.29, 0.717) is 6.42 Å². The normalized spacial score (nSPS) is 13.8. The Morgan fingerprint density at radius 1 is 0.885 bits per heavy atom. The maximum Gasteiger partial charge on any atom is 0.308 e. The maximum absolute atomic E-state index is 11.4. The Morgan fingerprint density at radius 3 is 1.92 bits per heavy atom. The summed E-state index contributed by atoms with van der Waals surface area (Å²) in [6, 6.07) is 0. The summed E-state index contributed by atoms with van der Waals surface area (Å²) < 4.78 is 4.51. The molecule has 26 heavy (non-hydrogen) atoms. The molecule has 2 N–H and O–H groups in total. The minimum Gasteiger partial charge on any atom is -0.430 e. The van der Waals surface area contributed by atoms with Crippen molar-refractivity contribution in [2.45, 2.75) is 109 Å². The lowest BCUT2D eigenvalue weighted by Crippen LogP contribution is -2.32. The molecular formula is C21H39O5. The first-order valence-corrected chi connectivity index (χ1v) is 10.4. The smallest absolute Gasteiger partial charge is 0.308 e. The first kappa shape index (κ1) is 25.1. The number of carbonyl (C=O) groups excluding carboxylic acids is 1. The number of rotatable bonds is 18. The van der Waals surface area contributed by atoms with Crippen LogP contribution in [0.3, 0.4) is 0 Å². The van der Waals surface area contributed by atoms with Gasteiger partial charge < -0.3 is 14.9 Å². The Morgan fingerprint density at radius 2 is 1.38 bits per heavy atom. The third-order valence-corrected chi connectivity index (χ3v) is 4.39. The highest BCUT2D eigenvalue weighted by atomic mass is 16.6.